The van der Waals surface area contributed by atoms with Gasteiger partial charge in [0.15, 0.2) is 0 Å². The first-order valence-electron chi connectivity index (χ1n) is 10.2. The fraction of sp³-hybridized carbons (Fsp3) is 0.348. The largest absolute Gasteiger partial charge is 0.336 e. The highest BCUT2D eigenvalue weighted by molar-refractivity contribution is 6.21. The maximum Gasteiger partial charge on any atom is 0.261 e. The zero-order chi connectivity index (χ0) is 20.0. The summed E-state index contributed by atoms with van der Waals surface area (Å²) in [5.41, 5.74) is 2.38. The summed E-state index contributed by atoms with van der Waals surface area (Å²) in [4.78, 5) is 43.5. The zero-order valence-corrected chi connectivity index (χ0v) is 16.2. The maximum atomic E-state index is 12.8. The third kappa shape index (κ3) is 3.34. The monoisotopic (exact) mass is 389 g/mol. The van der Waals surface area contributed by atoms with Gasteiger partial charge >= 0.3 is 0 Å². The van der Waals surface area contributed by atoms with E-state index in [-0.39, 0.29) is 24.3 Å². The van der Waals surface area contributed by atoms with Crippen LogP contribution in [0.4, 0.5) is 0 Å². The SMILES string of the molecule is O=C(c1ccc(CN2C(=O)c3ccccc3C2=O)cc1)N1CCN(C2CC2)CC1. The minimum atomic E-state index is -0.265. The number of piperazine rings is 1. The van der Waals surface area contributed by atoms with E-state index < -0.39 is 0 Å². The minimum absolute atomic E-state index is 0.0488. The molecule has 2 fully saturated rings. The molecule has 148 valence electrons. The number of hydrogen-bond donors (Lipinski definition) is 0. The number of benzene rings is 2. The normalized spacial score (nSPS) is 19.6. The molecule has 0 bridgehead atoms. The molecule has 1 saturated heterocycles. The van der Waals surface area contributed by atoms with Crippen LogP contribution in [0.5, 0.6) is 0 Å². The first-order valence-corrected chi connectivity index (χ1v) is 10.2. The van der Waals surface area contributed by atoms with E-state index in [0.717, 1.165) is 37.8 Å². The summed E-state index contributed by atoms with van der Waals surface area (Å²) in [7, 11) is 0. The summed E-state index contributed by atoms with van der Waals surface area (Å²) in [6, 6.07) is 14.9. The van der Waals surface area contributed by atoms with Crippen molar-refractivity contribution >= 4 is 17.7 Å². The molecule has 0 aromatic heterocycles. The van der Waals surface area contributed by atoms with Gasteiger partial charge in [-0.15, -0.1) is 0 Å². The highest BCUT2D eigenvalue weighted by Crippen LogP contribution is 2.28. The highest BCUT2D eigenvalue weighted by Gasteiger charge is 2.35. The predicted molar refractivity (Wildman–Crippen MR) is 108 cm³/mol. The van der Waals surface area contributed by atoms with Gasteiger partial charge in [0.05, 0.1) is 17.7 Å². The number of nitrogens with zero attached hydrogens (tertiary/aromatic N) is 3. The Morgan fingerprint density at radius 2 is 1.41 bits per heavy atom. The number of imide groups is 1. The second-order valence-corrected chi connectivity index (χ2v) is 8.00. The standard InChI is InChI=1S/C23H23N3O3/c27-21(25-13-11-24(12-14-25)18-9-10-18)17-7-5-16(6-8-17)15-26-22(28)19-3-1-2-4-20(19)23(26)29/h1-8,18H,9-15H2. The number of hydrogen-bond acceptors (Lipinski definition) is 4. The Morgan fingerprint density at radius 1 is 0.828 bits per heavy atom. The fourth-order valence-corrected chi connectivity index (χ4v) is 4.23. The Balaban J connectivity index is 1.23. The lowest BCUT2D eigenvalue weighted by atomic mass is 10.1. The topological polar surface area (TPSA) is 60.9 Å². The number of amides is 3. The summed E-state index contributed by atoms with van der Waals surface area (Å²) < 4.78 is 0. The van der Waals surface area contributed by atoms with Crippen molar-refractivity contribution in [3.63, 3.8) is 0 Å². The summed E-state index contributed by atoms with van der Waals surface area (Å²) >= 11 is 0. The molecule has 1 aliphatic carbocycles. The second kappa shape index (κ2) is 7.12. The van der Waals surface area contributed by atoms with Crippen molar-refractivity contribution in [1.82, 2.24) is 14.7 Å². The van der Waals surface area contributed by atoms with Crippen LogP contribution in [0, 0.1) is 0 Å². The van der Waals surface area contributed by atoms with Crippen molar-refractivity contribution in [2.45, 2.75) is 25.4 Å². The molecular formula is C23H23N3O3. The van der Waals surface area contributed by atoms with E-state index in [0.29, 0.717) is 16.7 Å². The molecular weight excluding hydrogens is 366 g/mol. The Bertz CT molecular complexity index is 938. The molecule has 3 aliphatic rings. The molecule has 0 atom stereocenters. The van der Waals surface area contributed by atoms with Gasteiger partial charge in [-0.05, 0) is 42.7 Å². The van der Waals surface area contributed by atoms with Crippen LogP contribution in [0.2, 0.25) is 0 Å². The van der Waals surface area contributed by atoms with Crippen molar-refractivity contribution in [2.75, 3.05) is 26.2 Å². The third-order valence-electron chi connectivity index (χ3n) is 6.08. The van der Waals surface area contributed by atoms with E-state index in [1.165, 1.54) is 17.7 Å². The molecule has 6 nitrogen and oxygen atoms in total. The van der Waals surface area contributed by atoms with Gasteiger partial charge in [-0.2, -0.15) is 0 Å². The molecule has 2 aromatic rings. The van der Waals surface area contributed by atoms with E-state index in [2.05, 4.69) is 4.90 Å². The second-order valence-electron chi connectivity index (χ2n) is 8.00. The molecule has 2 aliphatic heterocycles. The first kappa shape index (κ1) is 18.1. The number of carbonyl (C=O) groups is 3. The van der Waals surface area contributed by atoms with E-state index in [9.17, 15) is 14.4 Å². The van der Waals surface area contributed by atoms with Crippen molar-refractivity contribution < 1.29 is 14.4 Å². The molecule has 2 heterocycles. The average Bonchev–Trinajstić information content (AvgIpc) is 3.59. The molecule has 1 saturated carbocycles. The smallest absolute Gasteiger partial charge is 0.261 e. The quantitative estimate of drug-likeness (QED) is 0.754. The molecule has 0 radical (unpaired) electrons. The van der Waals surface area contributed by atoms with Crippen LogP contribution in [0.1, 0.15) is 49.5 Å². The van der Waals surface area contributed by atoms with Crippen molar-refractivity contribution in [3.8, 4) is 0 Å². The summed E-state index contributed by atoms with van der Waals surface area (Å²) in [6.07, 6.45) is 2.59. The number of fused-ring (bicyclic) bond motifs is 1. The first-order chi connectivity index (χ1) is 14.1. The molecule has 29 heavy (non-hydrogen) atoms. The molecule has 3 amide bonds. The van der Waals surface area contributed by atoms with Crippen LogP contribution in [0.25, 0.3) is 0 Å². The zero-order valence-electron chi connectivity index (χ0n) is 16.2. The fourth-order valence-electron chi connectivity index (χ4n) is 4.23. The molecule has 0 N–H and O–H groups in total. The predicted octanol–water partition coefficient (Wildman–Crippen LogP) is 2.40. The van der Waals surface area contributed by atoms with E-state index in [1.54, 1.807) is 36.4 Å². The van der Waals surface area contributed by atoms with Gasteiger partial charge in [-0.3, -0.25) is 24.2 Å². The Hall–Kier alpha value is -2.99. The highest BCUT2D eigenvalue weighted by atomic mass is 16.2. The van der Waals surface area contributed by atoms with E-state index in [4.69, 9.17) is 0 Å². The molecule has 6 heteroatoms. The van der Waals surface area contributed by atoms with Gasteiger partial charge in [0.1, 0.15) is 0 Å². The lowest BCUT2D eigenvalue weighted by molar-refractivity contribution is 0.0620. The third-order valence-corrected chi connectivity index (χ3v) is 6.08. The maximum absolute atomic E-state index is 12.8. The van der Waals surface area contributed by atoms with Gasteiger partial charge in [-0.1, -0.05) is 24.3 Å². The summed E-state index contributed by atoms with van der Waals surface area (Å²) in [6.45, 7) is 3.65. The Kier molecular flexibility index (Phi) is 4.43. The van der Waals surface area contributed by atoms with Crippen LogP contribution in [0.15, 0.2) is 48.5 Å². The van der Waals surface area contributed by atoms with E-state index in [1.807, 2.05) is 17.0 Å². The van der Waals surface area contributed by atoms with Crippen LogP contribution in [0.3, 0.4) is 0 Å². The number of carbonyl (C=O) groups excluding carboxylic acids is 3. The van der Waals surface area contributed by atoms with Crippen LogP contribution < -0.4 is 0 Å². The van der Waals surface area contributed by atoms with Crippen molar-refractivity contribution in [3.05, 3.63) is 70.8 Å². The molecule has 0 unspecified atom stereocenters. The van der Waals surface area contributed by atoms with Crippen LogP contribution >= 0.6 is 0 Å². The summed E-state index contributed by atoms with van der Waals surface area (Å²) in [5, 5.41) is 0. The lowest BCUT2D eigenvalue weighted by Gasteiger charge is -2.34. The number of rotatable bonds is 4. The molecule has 5 rings (SSSR count). The molecule has 2 aromatic carbocycles. The lowest BCUT2D eigenvalue weighted by Crippen LogP contribution is -2.49. The van der Waals surface area contributed by atoms with E-state index >= 15 is 0 Å². The Labute approximate surface area is 169 Å². The average molecular weight is 389 g/mol. The van der Waals surface area contributed by atoms with Gasteiger partial charge in [-0.25, -0.2) is 0 Å². The van der Waals surface area contributed by atoms with Gasteiger partial charge in [0.25, 0.3) is 17.7 Å². The van der Waals surface area contributed by atoms with Crippen molar-refractivity contribution in [2.24, 2.45) is 0 Å². The van der Waals surface area contributed by atoms with Gasteiger partial charge in [0.2, 0.25) is 0 Å². The van der Waals surface area contributed by atoms with Crippen molar-refractivity contribution in [1.29, 1.82) is 0 Å². The van der Waals surface area contributed by atoms with Crippen LogP contribution in [-0.4, -0.2) is 64.6 Å². The Morgan fingerprint density at radius 3 is 1.97 bits per heavy atom. The molecule has 0 spiro atoms. The minimum Gasteiger partial charge on any atom is -0.336 e. The van der Waals surface area contributed by atoms with Crippen LogP contribution in [-0.2, 0) is 6.54 Å². The van der Waals surface area contributed by atoms with Gasteiger partial charge in [0, 0.05) is 37.8 Å². The summed E-state index contributed by atoms with van der Waals surface area (Å²) in [5.74, 6) is -0.480. The van der Waals surface area contributed by atoms with Gasteiger partial charge < -0.3 is 4.90 Å².